The molecule has 0 aliphatic rings. The van der Waals surface area contributed by atoms with Crippen molar-refractivity contribution in [1.29, 1.82) is 0 Å². The van der Waals surface area contributed by atoms with Gasteiger partial charge in [-0.15, -0.1) is 5.10 Å². The van der Waals surface area contributed by atoms with Crippen molar-refractivity contribution in [2.75, 3.05) is 0 Å². The fraction of sp³-hybridized carbons (Fsp3) is 0.636. The lowest BCUT2D eigenvalue weighted by molar-refractivity contribution is -0.120. The Kier molecular flexibility index (Phi) is 5.43. The molecule has 0 aromatic carbocycles. The molecule has 1 unspecified atom stereocenters. The van der Waals surface area contributed by atoms with Gasteiger partial charge in [-0.2, -0.15) is 0 Å². The molecule has 106 valence electrons. The van der Waals surface area contributed by atoms with Crippen molar-refractivity contribution in [2.45, 2.75) is 45.8 Å². The molecule has 1 rings (SSSR count). The van der Waals surface area contributed by atoms with Crippen LogP contribution in [0.2, 0.25) is 0 Å². The highest BCUT2D eigenvalue weighted by atomic mass is 16.2. The zero-order chi connectivity index (χ0) is 14.4. The molecule has 1 aromatic rings. The number of aromatic nitrogens is 3. The van der Waals surface area contributed by atoms with Crippen molar-refractivity contribution in [3.63, 3.8) is 0 Å². The number of urea groups is 1. The quantitative estimate of drug-likeness (QED) is 0.691. The van der Waals surface area contributed by atoms with E-state index in [0.29, 0.717) is 5.69 Å². The lowest BCUT2D eigenvalue weighted by Crippen LogP contribution is -2.43. The zero-order valence-corrected chi connectivity index (χ0v) is 11.4. The normalized spacial score (nSPS) is 12.3. The maximum absolute atomic E-state index is 11.6. The van der Waals surface area contributed by atoms with Gasteiger partial charge in [0, 0.05) is 6.04 Å². The second kappa shape index (κ2) is 6.83. The van der Waals surface area contributed by atoms with E-state index in [1.807, 2.05) is 6.92 Å². The molecule has 4 N–H and O–H groups in total. The Morgan fingerprint density at radius 2 is 2.16 bits per heavy atom. The molecule has 0 aliphatic carbocycles. The Balaban J connectivity index is 2.48. The maximum atomic E-state index is 11.6. The number of nitrogens with one attached hydrogen (secondary N) is 2. The Labute approximate surface area is 111 Å². The first kappa shape index (κ1) is 15.1. The summed E-state index contributed by atoms with van der Waals surface area (Å²) in [6.07, 6.45) is 2.34. The molecule has 19 heavy (non-hydrogen) atoms. The second-order valence-corrected chi connectivity index (χ2v) is 4.53. The number of nitrogens with zero attached hydrogens (tertiary/aromatic N) is 3. The Bertz CT molecular complexity index is 442. The van der Waals surface area contributed by atoms with Crippen molar-refractivity contribution in [2.24, 2.45) is 5.73 Å². The van der Waals surface area contributed by atoms with Crippen LogP contribution < -0.4 is 16.4 Å². The average Bonchev–Trinajstić information content (AvgIpc) is 2.74. The molecule has 0 saturated heterocycles. The zero-order valence-electron chi connectivity index (χ0n) is 11.4. The van der Waals surface area contributed by atoms with Crippen LogP contribution in [0.25, 0.3) is 0 Å². The van der Waals surface area contributed by atoms with Gasteiger partial charge in [-0.3, -0.25) is 10.1 Å². The summed E-state index contributed by atoms with van der Waals surface area (Å²) in [6.45, 7) is 5.47. The first-order valence-electron chi connectivity index (χ1n) is 6.18. The van der Waals surface area contributed by atoms with Crippen LogP contribution in [0.3, 0.4) is 0 Å². The molecule has 0 fully saturated rings. The summed E-state index contributed by atoms with van der Waals surface area (Å²) >= 11 is 0. The van der Waals surface area contributed by atoms with Crippen LogP contribution in [0.4, 0.5) is 4.79 Å². The molecule has 0 bridgehead atoms. The number of carbonyl (C=O) groups is 2. The fourth-order valence-corrected chi connectivity index (χ4v) is 1.38. The third-order valence-electron chi connectivity index (χ3n) is 2.35. The third kappa shape index (κ3) is 5.04. The summed E-state index contributed by atoms with van der Waals surface area (Å²) in [5.74, 6) is -0.459. The van der Waals surface area contributed by atoms with Gasteiger partial charge < -0.3 is 11.1 Å². The van der Waals surface area contributed by atoms with Gasteiger partial charge in [0.1, 0.15) is 6.54 Å². The van der Waals surface area contributed by atoms with E-state index in [-0.39, 0.29) is 18.6 Å². The van der Waals surface area contributed by atoms with Gasteiger partial charge in [-0.05, 0) is 20.3 Å². The lowest BCUT2D eigenvalue weighted by atomic mass is 10.2. The highest BCUT2D eigenvalue weighted by Gasteiger charge is 2.12. The van der Waals surface area contributed by atoms with E-state index < -0.39 is 11.9 Å². The summed E-state index contributed by atoms with van der Waals surface area (Å²) in [6, 6.07) is -0.750. The van der Waals surface area contributed by atoms with E-state index >= 15 is 0 Å². The molecular formula is C11H20N6O2. The summed E-state index contributed by atoms with van der Waals surface area (Å²) in [5, 5.41) is 12.4. The van der Waals surface area contributed by atoms with Crippen LogP contribution in [-0.4, -0.2) is 33.0 Å². The summed E-state index contributed by atoms with van der Waals surface area (Å²) in [5.41, 5.74) is 6.42. The maximum Gasteiger partial charge on any atom is 0.321 e. The van der Waals surface area contributed by atoms with Gasteiger partial charge >= 0.3 is 6.03 Å². The molecule has 0 aliphatic heterocycles. The van der Waals surface area contributed by atoms with Crippen LogP contribution in [0, 0.1) is 0 Å². The SMILES string of the molecule is CCC(N)c1cn(CC(=O)NC(=O)NC(C)C)nn1. The van der Waals surface area contributed by atoms with E-state index in [9.17, 15) is 9.59 Å². The monoisotopic (exact) mass is 268 g/mol. The van der Waals surface area contributed by atoms with E-state index in [0.717, 1.165) is 6.42 Å². The number of nitrogens with two attached hydrogens (primary N) is 1. The first-order chi connectivity index (χ1) is 8.92. The van der Waals surface area contributed by atoms with E-state index in [2.05, 4.69) is 20.9 Å². The molecule has 8 nitrogen and oxygen atoms in total. The minimum atomic E-state index is -0.523. The molecule has 8 heteroatoms. The fourth-order valence-electron chi connectivity index (χ4n) is 1.38. The van der Waals surface area contributed by atoms with Crippen molar-refractivity contribution >= 4 is 11.9 Å². The molecule has 3 amide bonds. The number of carbonyl (C=O) groups excluding carboxylic acids is 2. The van der Waals surface area contributed by atoms with Crippen LogP contribution in [-0.2, 0) is 11.3 Å². The first-order valence-corrected chi connectivity index (χ1v) is 6.18. The van der Waals surface area contributed by atoms with Crippen molar-refractivity contribution in [3.8, 4) is 0 Å². The highest BCUT2D eigenvalue weighted by molar-refractivity contribution is 5.94. The van der Waals surface area contributed by atoms with Crippen LogP contribution in [0.1, 0.15) is 38.9 Å². The molecule has 1 aromatic heterocycles. The topological polar surface area (TPSA) is 115 Å². The number of hydrogen-bond acceptors (Lipinski definition) is 5. The molecule has 0 saturated carbocycles. The molecule has 0 spiro atoms. The van der Waals surface area contributed by atoms with Crippen LogP contribution in [0.15, 0.2) is 6.20 Å². The van der Waals surface area contributed by atoms with Crippen molar-refractivity contribution < 1.29 is 9.59 Å². The predicted octanol–water partition coefficient (Wildman–Crippen LogP) is -0.0779. The average molecular weight is 268 g/mol. The Hall–Kier alpha value is -1.96. The molecule has 0 radical (unpaired) electrons. The molecular weight excluding hydrogens is 248 g/mol. The van der Waals surface area contributed by atoms with E-state index in [1.54, 1.807) is 20.0 Å². The third-order valence-corrected chi connectivity index (χ3v) is 2.35. The molecule has 1 heterocycles. The van der Waals surface area contributed by atoms with Crippen molar-refractivity contribution in [1.82, 2.24) is 25.6 Å². The number of amides is 3. The standard InChI is InChI=1S/C11H20N6O2/c1-4-8(12)9-5-17(16-15-9)6-10(18)14-11(19)13-7(2)3/h5,7-8H,4,6,12H2,1-3H3,(H2,13,14,18,19). The van der Waals surface area contributed by atoms with Crippen molar-refractivity contribution in [3.05, 3.63) is 11.9 Å². The van der Waals surface area contributed by atoms with Gasteiger partial charge in [0.2, 0.25) is 5.91 Å². The van der Waals surface area contributed by atoms with E-state index in [1.165, 1.54) is 4.68 Å². The number of hydrogen-bond donors (Lipinski definition) is 3. The van der Waals surface area contributed by atoms with Gasteiger partial charge in [0.25, 0.3) is 0 Å². The lowest BCUT2D eigenvalue weighted by Gasteiger charge is -2.08. The summed E-state index contributed by atoms with van der Waals surface area (Å²) in [7, 11) is 0. The van der Waals surface area contributed by atoms with Crippen LogP contribution >= 0.6 is 0 Å². The number of rotatable bonds is 5. The van der Waals surface area contributed by atoms with E-state index in [4.69, 9.17) is 5.73 Å². The van der Waals surface area contributed by atoms with Gasteiger partial charge in [-0.25, -0.2) is 9.48 Å². The minimum Gasteiger partial charge on any atom is -0.336 e. The second-order valence-electron chi connectivity index (χ2n) is 4.53. The smallest absolute Gasteiger partial charge is 0.321 e. The predicted molar refractivity (Wildman–Crippen MR) is 69.1 cm³/mol. The largest absolute Gasteiger partial charge is 0.336 e. The number of imide groups is 1. The minimum absolute atomic E-state index is 0.0340. The summed E-state index contributed by atoms with van der Waals surface area (Å²) in [4.78, 5) is 22.9. The summed E-state index contributed by atoms with van der Waals surface area (Å²) < 4.78 is 1.35. The van der Waals surface area contributed by atoms with Gasteiger partial charge in [0.15, 0.2) is 0 Å². The Morgan fingerprint density at radius 1 is 1.47 bits per heavy atom. The van der Waals surface area contributed by atoms with Crippen LogP contribution in [0.5, 0.6) is 0 Å². The Morgan fingerprint density at radius 3 is 2.74 bits per heavy atom. The highest BCUT2D eigenvalue weighted by Crippen LogP contribution is 2.08. The van der Waals surface area contributed by atoms with Gasteiger partial charge in [0.05, 0.1) is 17.9 Å². The molecule has 1 atom stereocenters. The van der Waals surface area contributed by atoms with Gasteiger partial charge in [-0.1, -0.05) is 12.1 Å².